The van der Waals surface area contributed by atoms with Crippen molar-refractivity contribution in [2.24, 2.45) is 0 Å². The fraction of sp³-hybridized carbons (Fsp3) is 0.250. The van der Waals surface area contributed by atoms with Gasteiger partial charge in [-0.1, -0.05) is 25.1 Å². The lowest BCUT2D eigenvalue weighted by Crippen LogP contribution is -2.35. The molecule has 0 aliphatic carbocycles. The van der Waals surface area contributed by atoms with E-state index in [1.807, 2.05) is 31.2 Å². The summed E-state index contributed by atoms with van der Waals surface area (Å²) in [5, 5.41) is 5.53. The van der Waals surface area contributed by atoms with Crippen molar-refractivity contribution < 1.29 is 14.4 Å². The summed E-state index contributed by atoms with van der Waals surface area (Å²) in [5.74, 6) is -0.631. The molecule has 0 aromatic heterocycles. The molecule has 0 bridgehead atoms. The molecule has 26 heavy (non-hydrogen) atoms. The SMILES string of the molecule is CCc1ccccc1NC(=O)Nc1ccc2c(c1)C(=O)N(C(C)C)C2=O. The number of nitrogens with one attached hydrogen (secondary N) is 2. The molecular weight excluding hydrogens is 330 g/mol. The van der Waals surface area contributed by atoms with E-state index < -0.39 is 6.03 Å². The number of nitrogens with zero attached hydrogens (tertiary/aromatic N) is 1. The van der Waals surface area contributed by atoms with Gasteiger partial charge >= 0.3 is 6.03 Å². The van der Waals surface area contributed by atoms with Gasteiger partial charge in [0, 0.05) is 17.4 Å². The highest BCUT2D eigenvalue weighted by Crippen LogP contribution is 2.27. The second-order valence-corrected chi connectivity index (χ2v) is 6.42. The number of carbonyl (C=O) groups is 3. The van der Waals surface area contributed by atoms with E-state index in [1.54, 1.807) is 32.0 Å². The zero-order valence-electron chi connectivity index (χ0n) is 15.0. The van der Waals surface area contributed by atoms with Gasteiger partial charge in [0.15, 0.2) is 0 Å². The number of aryl methyl sites for hydroxylation is 1. The molecule has 4 amide bonds. The Morgan fingerprint density at radius 1 is 1.00 bits per heavy atom. The van der Waals surface area contributed by atoms with E-state index in [0.29, 0.717) is 16.8 Å². The first-order valence-electron chi connectivity index (χ1n) is 8.60. The topological polar surface area (TPSA) is 78.5 Å². The van der Waals surface area contributed by atoms with Crippen LogP contribution in [0.4, 0.5) is 16.2 Å². The lowest BCUT2D eigenvalue weighted by Gasteiger charge is -2.17. The smallest absolute Gasteiger partial charge is 0.308 e. The summed E-state index contributed by atoms with van der Waals surface area (Å²) < 4.78 is 0. The average Bonchev–Trinajstić information content (AvgIpc) is 2.86. The molecule has 0 atom stereocenters. The van der Waals surface area contributed by atoms with Gasteiger partial charge in [-0.3, -0.25) is 14.5 Å². The third kappa shape index (κ3) is 3.18. The number of benzene rings is 2. The van der Waals surface area contributed by atoms with E-state index in [9.17, 15) is 14.4 Å². The number of hydrogen-bond donors (Lipinski definition) is 2. The number of para-hydroxylation sites is 1. The molecule has 1 heterocycles. The van der Waals surface area contributed by atoms with Gasteiger partial charge in [0.2, 0.25) is 0 Å². The van der Waals surface area contributed by atoms with E-state index in [0.717, 1.165) is 17.7 Å². The molecule has 2 N–H and O–H groups in total. The fourth-order valence-corrected chi connectivity index (χ4v) is 3.04. The largest absolute Gasteiger partial charge is 0.323 e. The summed E-state index contributed by atoms with van der Waals surface area (Å²) >= 11 is 0. The van der Waals surface area contributed by atoms with Gasteiger partial charge < -0.3 is 10.6 Å². The Bertz CT molecular complexity index is 890. The minimum Gasteiger partial charge on any atom is -0.308 e. The maximum Gasteiger partial charge on any atom is 0.323 e. The summed E-state index contributed by atoms with van der Waals surface area (Å²) in [6.07, 6.45) is 0.803. The van der Waals surface area contributed by atoms with Crippen molar-refractivity contribution in [3.05, 3.63) is 59.2 Å². The van der Waals surface area contributed by atoms with Crippen molar-refractivity contribution in [1.29, 1.82) is 0 Å². The summed E-state index contributed by atoms with van der Waals surface area (Å²) in [4.78, 5) is 38.2. The van der Waals surface area contributed by atoms with E-state index in [2.05, 4.69) is 10.6 Å². The lowest BCUT2D eigenvalue weighted by atomic mass is 10.1. The molecule has 0 fully saturated rings. The first-order chi connectivity index (χ1) is 12.4. The number of anilines is 2. The summed E-state index contributed by atoms with van der Waals surface area (Å²) in [6, 6.07) is 11.7. The molecule has 2 aromatic carbocycles. The molecule has 0 radical (unpaired) electrons. The third-order valence-electron chi connectivity index (χ3n) is 4.34. The van der Waals surface area contributed by atoms with Crippen molar-refractivity contribution in [1.82, 2.24) is 4.90 Å². The van der Waals surface area contributed by atoms with Crippen LogP contribution >= 0.6 is 0 Å². The van der Waals surface area contributed by atoms with E-state index in [1.165, 1.54) is 4.90 Å². The maximum atomic E-state index is 12.4. The van der Waals surface area contributed by atoms with Gasteiger partial charge in [0.1, 0.15) is 0 Å². The van der Waals surface area contributed by atoms with Crippen molar-refractivity contribution in [2.45, 2.75) is 33.2 Å². The third-order valence-corrected chi connectivity index (χ3v) is 4.34. The number of urea groups is 1. The molecule has 134 valence electrons. The van der Waals surface area contributed by atoms with E-state index >= 15 is 0 Å². The summed E-state index contributed by atoms with van der Waals surface area (Å²) in [7, 11) is 0. The normalized spacial score (nSPS) is 13.2. The average molecular weight is 351 g/mol. The minimum absolute atomic E-state index is 0.215. The van der Waals surface area contributed by atoms with Gasteiger partial charge in [0.05, 0.1) is 11.1 Å². The van der Waals surface area contributed by atoms with Crippen molar-refractivity contribution in [2.75, 3.05) is 10.6 Å². The highest BCUT2D eigenvalue weighted by atomic mass is 16.2. The van der Waals surface area contributed by atoms with Crippen LogP contribution in [0.1, 0.15) is 47.1 Å². The number of rotatable bonds is 4. The predicted octanol–water partition coefficient (Wildman–Crippen LogP) is 3.90. The number of fused-ring (bicyclic) bond motifs is 1. The van der Waals surface area contributed by atoms with E-state index in [-0.39, 0.29) is 17.9 Å². The van der Waals surface area contributed by atoms with Gasteiger partial charge in [0.25, 0.3) is 11.8 Å². The highest BCUT2D eigenvalue weighted by molar-refractivity contribution is 6.22. The molecular formula is C20H21N3O3. The number of carbonyl (C=O) groups excluding carboxylic acids is 3. The second-order valence-electron chi connectivity index (χ2n) is 6.42. The zero-order valence-corrected chi connectivity index (χ0v) is 15.0. The molecule has 1 aliphatic rings. The van der Waals surface area contributed by atoms with Crippen LogP contribution in [0.3, 0.4) is 0 Å². The van der Waals surface area contributed by atoms with E-state index in [4.69, 9.17) is 0 Å². The molecule has 6 nitrogen and oxygen atoms in total. The Morgan fingerprint density at radius 2 is 1.69 bits per heavy atom. The fourth-order valence-electron chi connectivity index (χ4n) is 3.04. The van der Waals surface area contributed by atoms with Gasteiger partial charge in [-0.15, -0.1) is 0 Å². The molecule has 0 spiro atoms. The second kappa shape index (κ2) is 7.00. The van der Waals surface area contributed by atoms with Gasteiger partial charge in [-0.2, -0.15) is 0 Å². The summed E-state index contributed by atoms with van der Waals surface area (Å²) in [5.41, 5.74) is 2.92. The van der Waals surface area contributed by atoms with Crippen molar-refractivity contribution in [3.63, 3.8) is 0 Å². The summed E-state index contributed by atoms with van der Waals surface area (Å²) in [6.45, 7) is 5.60. The Kier molecular flexibility index (Phi) is 4.75. The van der Waals surface area contributed by atoms with Crippen LogP contribution < -0.4 is 10.6 Å². The van der Waals surface area contributed by atoms with Crippen LogP contribution in [0.15, 0.2) is 42.5 Å². The number of amides is 4. The van der Waals surface area contributed by atoms with Crippen LogP contribution in [0, 0.1) is 0 Å². The van der Waals surface area contributed by atoms with Crippen LogP contribution in [0.2, 0.25) is 0 Å². The molecule has 3 rings (SSSR count). The first-order valence-corrected chi connectivity index (χ1v) is 8.60. The highest BCUT2D eigenvalue weighted by Gasteiger charge is 2.37. The van der Waals surface area contributed by atoms with Gasteiger partial charge in [-0.05, 0) is 50.1 Å². The van der Waals surface area contributed by atoms with Crippen LogP contribution in [0.5, 0.6) is 0 Å². The minimum atomic E-state index is -0.400. The lowest BCUT2D eigenvalue weighted by molar-refractivity contribution is 0.0609. The molecule has 0 unspecified atom stereocenters. The van der Waals surface area contributed by atoms with Crippen molar-refractivity contribution in [3.8, 4) is 0 Å². The van der Waals surface area contributed by atoms with Crippen molar-refractivity contribution >= 4 is 29.2 Å². The quantitative estimate of drug-likeness (QED) is 0.820. The molecule has 1 aliphatic heterocycles. The monoisotopic (exact) mass is 351 g/mol. The Morgan fingerprint density at radius 3 is 2.38 bits per heavy atom. The zero-order chi connectivity index (χ0) is 18.8. The van der Waals surface area contributed by atoms with Crippen LogP contribution in [-0.4, -0.2) is 28.8 Å². The first kappa shape index (κ1) is 17.7. The Hall–Kier alpha value is -3.15. The van der Waals surface area contributed by atoms with Gasteiger partial charge in [-0.25, -0.2) is 4.79 Å². The number of hydrogen-bond acceptors (Lipinski definition) is 3. The number of imide groups is 1. The standard InChI is InChI=1S/C20H21N3O3/c1-4-13-7-5-6-8-17(13)22-20(26)21-14-9-10-15-16(11-14)19(25)23(12(2)3)18(15)24/h5-12H,4H2,1-3H3,(H2,21,22,26). The molecule has 2 aromatic rings. The van der Waals surface area contributed by atoms with Crippen LogP contribution in [-0.2, 0) is 6.42 Å². The molecule has 0 saturated heterocycles. The maximum absolute atomic E-state index is 12.4. The van der Waals surface area contributed by atoms with Crippen LogP contribution in [0.25, 0.3) is 0 Å². The predicted molar refractivity (Wildman–Crippen MR) is 101 cm³/mol. The molecule has 0 saturated carbocycles. The Balaban J connectivity index is 1.77. The molecule has 6 heteroatoms. The Labute approximate surface area is 152 Å².